The molecule has 5 nitrogen and oxygen atoms in total. The smallest absolute Gasteiger partial charge is 0.261 e. The van der Waals surface area contributed by atoms with Gasteiger partial charge in [0.25, 0.3) is 5.91 Å². The van der Waals surface area contributed by atoms with Crippen LogP contribution in [0.5, 0.6) is 5.75 Å². The fraction of sp³-hybridized carbons (Fsp3) is 0.333. The molecule has 0 spiro atoms. The first kappa shape index (κ1) is 30.0. The van der Waals surface area contributed by atoms with Crippen molar-refractivity contribution in [1.29, 1.82) is 0 Å². The van der Waals surface area contributed by atoms with E-state index in [9.17, 15) is 9.59 Å². The van der Waals surface area contributed by atoms with Crippen LogP contribution in [0.1, 0.15) is 44.4 Å². The van der Waals surface area contributed by atoms with Gasteiger partial charge in [-0.2, -0.15) is 0 Å². The van der Waals surface area contributed by atoms with Gasteiger partial charge in [-0.25, -0.2) is 0 Å². The Bertz CT molecular complexity index is 1240. The third-order valence-electron chi connectivity index (χ3n) is 5.92. The predicted octanol–water partition coefficient (Wildman–Crippen LogP) is 7.25. The van der Waals surface area contributed by atoms with Crippen LogP contribution in [0, 0.1) is 0 Å². The van der Waals surface area contributed by atoms with E-state index in [1.165, 1.54) is 4.90 Å². The number of halogens is 3. The first-order chi connectivity index (χ1) is 18.0. The Morgan fingerprint density at radius 3 is 2.21 bits per heavy atom. The quantitative estimate of drug-likeness (QED) is 0.260. The minimum atomic E-state index is -0.828. The van der Waals surface area contributed by atoms with Crippen molar-refractivity contribution in [3.63, 3.8) is 0 Å². The number of hydrogen-bond acceptors (Lipinski definition) is 3. The van der Waals surface area contributed by atoms with Crippen molar-refractivity contribution in [2.24, 2.45) is 0 Å². The minimum Gasteiger partial charge on any atom is -0.483 e. The van der Waals surface area contributed by atoms with E-state index in [4.69, 9.17) is 27.9 Å². The van der Waals surface area contributed by atoms with Crippen LogP contribution in [0.4, 0.5) is 0 Å². The van der Waals surface area contributed by atoms with Crippen molar-refractivity contribution >= 4 is 50.9 Å². The Kier molecular flexibility index (Phi) is 10.7. The standard InChI is InChI=1S/C30H33BrCl2N2O3/c1-5-20-14-15-27(23(31)16-20)38-19-28(36)35(18-22-24(32)12-9-13-25(22)33)26(29(37)34-30(2,3)4)17-21-10-7-6-8-11-21/h6-16,26H,5,17-19H2,1-4H3,(H,34,37). The molecule has 38 heavy (non-hydrogen) atoms. The lowest BCUT2D eigenvalue weighted by atomic mass is 10.0. The van der Waals surface area contributed by atoms with Gasteiger partial charge in [0.05, 0.1) is 4.47 Å². The number of nitrogens with zero attached hydrogens (tertiary/aromatic N) is 1. The van der Waals surface area contributed by atoms with Crippen LogP contribution in [0.3, 0.4) is 0 Å². The van der Waals surface area contributed by atoms with Crippen molar-refractivity contribution in [1.82, 2.24) is 10.2 Å². The summed E-state index contributed by atoms with van der Waals surface area (Å²) >= 11 is 16.5. The first-order valence-corrected chi connectivity index (χ1v) is 14.0. The van der Waals surface area contributed by atoms with Crippen molar-refractivity contribution in [2.45, 2.75) is 58.7 Å². The Balaban J connectivity index is 1.98. The van der Waals surface area contributed by atoms with Crippen LogP contribution < -0.4 is 10.1 Å². The van der Waals surface area contributed by atoms with Gasteiger partial charge in [-0.15, -0.1) is 0 Å². The molecular formula is C30H33BrCl2N2O3. The monoisotopic (exact) mass is 618 g/mol. The first-order valence-electron chi connectivity index (χ1n) is 12.5. The molecule has 1 unspecified atom stereocenters. The van der Waals surface area contributed by atoms with E-state index in [0.717, 1.165) is 22.0 Å². The molecule has 202 valence electrons. The lowest BCUT2D eigenvalue weighted by molar-refractivity contribution is -0.143. The van der Waals surface area contributed by atoms with Crippen LogP contribution >= 0.6 is 39.1 Å². The number of benzene rings is 3. The van der Waals surface area contributed by atoms with E-state index in [-0.39, 0.29) is 25.0 Å². The largest absolute Gasteiger partial charge is 0.483 e. The molecule has 0 heterocycles. The molecule has 8 heteroatoms. The van der Waals surface area contributed by atoms with E-state index in [2.05, 4.69) is 28.2 Å². The lowest BCUT2D eigenvalue weighted by Gasteiger charge is -2.34. The number of rotatable bonds is 10. The fourth-order valence-electron chi connectivity index (χ4n) is 3.96. The molecule has 1 N–H and O–H groups in total. The molecule has 1 atom stereocenters. The molecule has 0 saturated heterocycles. The molecule has 3 aromatic carbocycles. The van der Waals surface area contributed by atoms with E-state index in [1.54, 1.807) is 18.2 Å². The second-order valence-corrected chi connectivity index (χ2v) is 11.7. The summed E-state index contributed by atoms with van der Waals surface area (Å²) in [5.41, 5.74) is 2.14. The summed E-state index contributed by atoms with van der Waals surface area (Å²) in [6, 6.07) is 19.7. The van der Waals surface area contributed by atoms with Crippen molar-refractivity contribution in [2.75, 3.05) is 6.61 Å². The Labute approximate surface area is 243 Å². The summed E-state index contributed by atoms with van der Waals surface area (Å²) in [6.45, 7) is 7.57. The molecule has 0 aliphatic carbocycles. The third-order valence-corrected chi connectivity index (χ3v) is 7.24. The maximum Gasteiger partial charge on any atom is 0.261 e. The fourth-order valence-corrected chi connectivity index (χ4v) is 5.02. The number of carbonyl (C=O) groups excluding carboxylic acids is 2. The van der Waals surface area contributed by atoms with E-state index < -0.39 is 11.6 Å². The highest BCUT2D eigenvalue weighted by Crippen LogP contribution is 2.29. The van der Waals surface area contributed by atoms with E-state index in [0.29, 0.717) is 27.8 Å². The van der Waals surface area contributed by atoms with Crippen LogP contribution in [-0.2, 0) is 29.0 Å². The molecule has 0 fully saturated rings. The summed E-state index contributed by atoms with van der Waals surface area (Å²) < 4.78 is 6.68. The van der Waals surface area contributed by atoms with Gasteiger partial charge in [-0.1, -0.05) is 72.6 Å². The number of ether oxygens (including phenoxy) is 1. The number of amides is 2. The topological polar surface area (TPSA) is 58.6 Å². The highest BCUT2D eigenvalue weighted by molar-refractivity contribution is 9.10. The zero-order valence-electron chi connectivity index (χ0n) is 22.1. The van der Waals surface area contributed by atoms with Crippen molar-refractivity contribution in [3.05, 3.63) is 97.9 Å². The maximum atomic E-state index is 13.8. The minimum absolute atomic E-state index is 0.0473. The van der Waals surface area contributed by atoms with Crippen LogP contribution in [-0.4, -0.2) is 34.9 Å². The lowest BCUT2D eigenvalue weighted by Crippen LogP contribution is -2.55. The van der Waals surface area contributed by atoms with Gasteiger partial charge in [0.1, 0.15) is 11.8 Å². The maximum absolute atomic E-state index is 13.8. The molecule has 2 amide bonds. The average molecular weight is 620 g/mol. The third kappa shape index (κ3) is 8.48. The Morgan fingerprint density at radius 1 is 0.974 bits per heavy atom. The summed E-state index contributed by atoms with van der Waals surface area (Å²) in [6.07, 6.45) is 1.19. The SMILES string of the molecule is CCc1ccc(OCC(=O)N(Cc2c(Cl)cccc2Cl)C(Cc2ccccc2)C(=O)NC(C)(C)C)c(Br)c1. The number of hydrogen-bond donors (Lipinski definition) is 1. The average Bonchev–Trinajstić information content (AvgIpc) is 2.86. The Hall–Kier alpha value is -2.54. The molecule has 0 aromatic heterocycles. The summed E-state index contributed by atoms with van der Waals surface area (Å²) in [7, 11) is 0. The van der Waals surface area contributed by atoms with Crippen LogP contribution in [0.25, 0.3) is 0 Å². The Morgan fingerprint density at radius 2 is 1.63 bits per heavy atom. The molecule has 0 bridgehead atoms. The molecule has 0 aliphatic rings. The van der Waals surface area contributed by atoms with Crippen LogP contribution in [0.2, 0.25) is 10.0 Å². The molecule has 3 aromatic rings. The van der Waals surface area contributed by atoms with Gasteiger partial charge in [0.15, 0.2) is 6.61 Å². The van der Waals surface area contributed by atoms with Gasteiger partial charge < -0.3 is 15.0 Å². The molecule has 0 aliphatic heterocycles. The highest BCUT2D eigenvalue weighted by atomic mass is 79.9. The number of aryl methyl sites for hydroxylation is 1. The summed E-state index contributed by atoms with van der Waals surface area (Å²) in [5, 5.41) is 3.88. The second kappa shape index (κ2) is 13.5. The zero-order valence-corrected chi connectivity index (χ0v) is 25.2. The zero-order chi connectivity index (χ0) is 27.9. The number of carbonyl (C=O) groups is 2. The highest BCUT2D eigenvalue weighted by Gasteiger charge is 2.33. The second-order valence-electron chi connectivity index (χ2n) is 10.1. The van der Waals surface area contributed by atoms with Crippen molar-refractivity contribution in [3.8, 4) is 5.75 Å². The van der Waals surface area contributed by atoms with Crippen molar-refractivity contribution < 1.29 is 14.3 Å². The normalized spacial score (nSPS) is 12.1. The predicted molar refractivity (Wildman–Crippen MR) is 158 cm³/mol. The van der Waals surface area contributed by atoms with E-state index in [1.807, 2.05) is 69.3 Å². The van der Waals surface area contributed by atoms with E-state index >= 15 is 0 Å². The van der Waals surface area contributed by atoms with Gasteiger partial charge >= 0.3 is 0 Å². The van der Waals surface area contributed by atoms with Gasteiger partial charge in [0.2, 0.25) is 5.91 Å². The van der Waals surface area contributed by atoms with Gasteiger partial charge in [0, 0.05) is 34.1 Å². The number of nitrogens with one attached hydrogen (secondary N) is 1. The summed E-state index contributed by atoms with van der Waals surface area (Å²) in [4.78, 5) is 29.0. The molecule has 0 radical (unpaired) electrons. The van der Waals surface area contributed by atoms with Gasteiger partial charge in [-0.3, -0.25) is 9.59 Å². The van der Waals surface area contributed by atoms with Gasteiger partial charge in [-0.05, 0) is 78.5 Å². The molecule has 3 rings (SSSR count). The molecule has 0 saturated carbocycles. The molecular weight excluding hydrogens is 587 g/mol. The summed E-state index contributed by atoms with van der Waals surface area (Å²) in [5.74, 6) is -0.0890. The van der Waals surface area contributed by atoms with Crippen LogP contribution in [0.15, 0.2) is 71.2 Å².